The van der Waals surface area contributed by atoms with E-state index in [0.29, 0.717) is 25.3 Å². The van der Waals surface area contributed by atoms with Gasteiger partial charge in [-0.05, 0) is 42.0 Å². The minimum atomic E-state index is -0.432. The first kappa shape index (κ1) is 22.6. The van der Waals surface area contributed by atoms with Gasteiger partial charge in [0.25, 0.3) is 0 Å². The van der Waals surface area contributed by atoms with Crippen molar-refractivity contribution in [3.63, 3.8) is 0 Å². The summed E-state index contributed by atoms with van der Waals surface area (Å²) in [5, 5.41) is 17.8. The van der Waals surface area contributed by atoms with Crippen LogP contribution in [0.1, 0.15) is 11.1 Å². The molecule has 1 atom stereocenters. The second-order valence-corrected chi connectivity index (χ2v) is 6.39. The number of methoxy groups -OCH3 is 1. The van der Waals surface area contributed by atoms with E-state index in [2.05, 4.69) is 6.07 Å². The molecule has 0 bridgehead atoms. The molecule has 156 valence electrons. The lowest BCUT2D eigenvalue weighted by molar-refractivity contribution is -0.0580. The predicted molar refractivity (Wildman–Crippen MR) is 107 cm³/mol. The highest BCUT2D eigenvalue weighted by atomic mass is 19.1. The molecule has 0 fully saturated rings. The summed E-state index contributed by atoms with van der Waals surface area (Å²) in [5.74, 6) is -0.227. The first-order chi connectivity index (χ1) is 14.1. The van der Waals surface area contributed by atoms with Crippen molar-refractivity contribution in [3.8, 4) is 11.8 Å². The second-order valence-electron chi connectivity index (χ2n) is 6.39. The summed E-state index contributed by atoms with van der Waals surface area (Å²) in [6.45, 7) is 1.46. The zero-order chi connectivity index (χ0) is 21.1. The topological polar surface area (TPSA) is 101 Å². The van der Waals surface area contributed by atoms with Crippen LogP contribution in [0.4, 0.5) is 10.1 Å². The molecule has 2 rings (SSSR count). The molecule has 1 unspecified atom stereocenters. The largest absolute Gasteiger partial charge is 0.494 e. The number of aliphatic hydroxyl groups excluding tert-OH is 1. The minimum Gasteiger partial charge on any atom is -0.494 e. The van der Waals surface area contributed by atoms with Crippen LogP contribution in [0.3, 0.4) is 0 Å². The van der Waals surface area contributed by atoms with Crippen molar-refractivity contribution in [2.24, 2.45) is 5.73 Å². The van der Waals surface area contributed by atoms with E-state index in [1.165, 1.54) is 13.2 Å². The fourth-order valence-corrected chi connectivity index (χ4v) is 2.62. The van der Waals surface area contributed by atoms with Crippen LogP contribution in [0.25, 0.3) is 0 Å². The normalized spacial score (nSPS) is 11.7. The lowest BCUT2D eigenvalue weighted by Crippen LogP contribution is -2.31. The monoisotopic (exact) mass is 403 g/mol. The molecule has 0 radical (unpaired) electrons. The van der Waals surface area contributed by atoms with Gasteiger partial charge in [0, 0.05) is 18.8 Å². The molecular weight excluding hydrogens is 377 g/mol. The Hall–Kier alpha value is -2.70. The highest BCUT2D eigenvalue weighted by Crippen LogP contribution is 2.22. The van der Waals surface area contributed by atoms with Gasteiger partial charge in [0.1, 0.15) is 6.79 Å². The summed E-state index contributed by atoms with van der Waals surface area (Å²) in [7, 11) is 1.42. The fraction of sp³-hybridized carbons (Fsp3) is 0.381. The molecule has 8 heteroatoms. The SMILES string of the molecule is COc1ccc(CN(CCOCOCC(N)CO)c2ccc(C#N)cc2)cc1F. The molecule has 2 aromatic carbocycles. The third kappa shape index (κ3) is 7.33. The third-order valence-electron chi connectivity index (χ3n) is 4.19. The first-order valence-electron chi connectivity index (χ1n) is 9.16. The average molecular weight is 403 g/mol. The Morgan fingerprint density at radius 1 is 1.21 bits per heavy atom. The van der Waals surface area contributed by atoms with E-state index in [1.54, 1.807) is 24.3 Å². The van der Waals surface area contributed by atoms with Gasteiger partial charge >= 0.3 is 0 Å². The summed E-state index contributed by atoms with van der Waals surface area (Å²) >= 11 is 0. The number of aliphatic hydroxyl groups is 1. The number of hydrogen-bond donors (Lipinski definition) is 2. The quantitative estimate of drug-likeness (QED) is 0.413. The average Bonchev–Trinajstić information content (AvgIpc) is 2.75. The molecule has 7 nitrogen and oxygen atoms in total. The summed E-state index contributed by atoms with van der Waals surface area (Å²) in [6.07, 6.45) is 0. The number of benzene rings is 2. The number of halogens is 1. The number of nitriles is 1. The summed E-state index contributed by atoms with van der Waals surface area (Å²) in [4.78, 5) is 2.02. The third-order valence-corrected chi connectivity index (χ3v) is 4.19. The molecular formula is C21H26FN3O4. The van der Waals surface area contributed by atoms with E-state index in [0.717, 1.165) is 11.3 Å². The van der Waals surface area contributed by atoms with Crippen molar-refractivity contribution >= 4 is 5.69 Å². The van der Waals surface area contributed by atoms with E-state index in [-0.39, 0.29) is 25.8 Å². The summed E-state index contributed by atoms with van der Waals surface area (Å²) in [5.41, 5.74) is 7.77. The maximum Gasteiger partial charge on any atom is 0.165 e. The van der Waals surface area contributed by atoms with Crippen molar-refractivity contribution in [2.45, 2.75) is 12.6 Å². The van der Waals surface area contributed by atoms with E-state index in [4.69, 9.17) is 30.3 Å². The molecule has 0 spiro atoms. The Balaban J connectivity index is 1.99. The number of ether oxygens (including phenoxy) is 3. The van der Waals surface area contributed by atoms with Crippen LogP contribution < -0.4 is 15.4 Å². The van der Waals surface area contributed by atoms with Gasteiger partial charge in [-0.3, -0.25) is 0 Å². The zero-order valence-electron chi connectivity index (χ0n) is 16.4. The van der Waals surface area contributed by atoms with Crippen LogP contribution in [0.5, 0.6) is 5.75 Å². The molecule has 0 heterocycles. The van der Waals surface area contributed by atoms with E-state index in [1.807, 2.05) is 17.0 Å². The molecule has 0 saturated heterocycles. The van der Waals surface area contributed by atoms with E-state index >= 15 is 0 Å². The van der Waals surface area contributed by atoms with Crippen molar-refractivity contribution in [1.82, 2.24) is 0 Å². The van der Waals surface area contributed by atoms with Gasteiger partial charge in [-0.25, -0.2) is 4.39 Å². The maximum absolute atomic E-state index is 14.0. The summed E-state index contributed by atoms with van der Waals surface area (Å²) < 4.78 is 29.7. The van der Waals surface area contributed by atoms with Crippen LogP contribution in [0.2, 0.25) is 0 Å². The molecule has 0 aromatic heterocycles. The highest BCUT2D eigenvalue weighted by Gasteiger charge is 2.11. The lowest BCUT2D eigenvalue weighted by atomic mass is 10.1. The van der Waals surface area contributed by atoms with Gasteiger partial charge < -0.3 is 30.0 Å². The van der Waals surface area contributed by atoms with Gasteiger partial charge in [0.05, 0.1) is 44.6 Å². The summed E-state index contributed by atoms with van der Waals surface area (Å²) in [6, 6.07) is 13.6. The second kappa shape index (κ2) is 12.0. The van der Waals surface area contributed by atoms with Crippen LogP contribution >= 0.6 is 0 Å². The minimum absolute atomic E-state index is 0.0616. The van der Waals surface area contributed by atoms with Crippen LogP contribution in [-0.2, 0) is 16.0 Å². The number of rotatable bonds is 12. The molecule has 0 aliphatic heterocycles. The smallest absolute Gasteiger partial charge is 0.165 e. The standard InChI is InChI=1S/C21H26FN3O4/c1-27-21-7-4-17(10-20(21)22)12-25(19-5-2-16(11-23)3-6-19)8-9-28-15-29-14-18(24)13-26/h2-7,10,18,26H,8-9,12-15,24H2,1H3. The Labute approximate surface area is 170 Å². The Bertz CT molecular complexity index is 796. The molecule has 0 aliphatic carbocycles. The van der Waals surface area contributed by atoms with Crippen LogP contribution in [-0.4, -0.2) is 51.4 Å². The fourth-order valence-electron chi connectivity index (χ4n) is 2.62. The Morgan fingerprint density at radius 3 is 2.59 bits per heavy atom. The number of hydrogen-bond acceptors (Lipinski definition) is 7. The number of nitrogens with zero attached hydrogens (tertiary/aromatic N) is 2. The Morgan fingerprint density at radius 2 is 1.97 bits per heavy atom. The zero-order valence-corrected chi connectivity index (χ0v) is 16.4. The van der Waals surface area contributed by atoms with E-state index < -0.39 is 11.9 Å². The van der Waals surface area contributed by atoms with E-state index in [9.17, 15) is 4.39 Å². The lowest BCUT2D eigenvalue weighted by Gasteiger charge is -2.25. The molecule has 3 N–H and O–H groups in total. The maximum atomic E-state index is 14.0. The van der Waals surface area contributed by atoms with Crippen molar-refractivity contribution in [1.29, 1.82) is 5.26 Å². The van der Waals surface area contributed by atoms with Crippen LogP contribution in [0, 0.1) is 17.1 Å². The Kier molecular flexibility index (Phi) is 9.34. The highest BCUT2D eigenvalue weighted by molar-refractivity contribution is 5.50. The van der Waals surface area contributed by atoms with Gasteiger partial charge in [-0.1, -0.05) is 6.07 Å². The number of anilines is 1. The van der Waals surface area contributed by atoms with Crippen molar-refractivity contribution < 1.29 is 23.7 Å². The van der Waals surface area contributed by atoms with Gasteiger partial charge in [-0.15, -0.1) is 0 Å². The molecule has 0 amide bonds. The molecule has 2 aromatic rings. The van der Waals surface area contributed by atoms with Gasteiger partial charge in [-0.2, -0.15) is 5.26 Å². The molecule has 0 saturated carbocycles. The van der Waals surface area contributed by atoms with Gasteiger partial charge in [0.2, 0.25) is 0 Å². The van der Waals surface area contributed by atoms with Crippen LogP contribution in [0.15, 0.2) is 42.5 Å². The van der Waals surface area contributed by atoms with Crippen molar-refractivity contribution in [2.75, 3.05) is 45.2 Å². The van der Waals surface area contributed by atoms with Gasteiger partial charge in [0.15, 0.2) is 11.6 Å². The predicted octanol–water partition coefficient (Wildman–Crippen LogP) is 2.02. The molecule has 29 heavy (non-hydrogen) atoms. The molecule has 0 aliphatic rings. The number of nitrogens with two attached hydrogens (primary N) is 1. The first-order valence-corrected chi connectivity index (χ1v) is 9.16. The van der Waals surface area contributed by atoms with Crippen molar-refractivity contribution in [3.05, 3.63) is 59.4 Å².